The quantitative estimate of drug-likeness (QED) is 0.759. The van der Waals surface area contributed by atoms with Crippen molar-refractivity contribution in [3.05, 3.63) is 64.6 Å². The number of pyridine rings is 1. The maximum Gasteiger partial charge on any atom is 0.109 e. The molecule has 4 nitrogen and oxygen atoms in total. The molecule has 1 aromatic carbocycles. The predicted octanol–water partition coefficient (Wildman–Crippen LogP) is 3.56. The third-order valence-corrected chi connectivity index (χ3v) is 6.47. The zero-order valence-electron chi connectivity index (χ0n) is 16.2. The number of rotatable bonds is 2. The Kier molecular flexibility index (Phi) is 3.88. The molecule has 0 fully saturated rings. The van der Waals surface area contributed by atoms with Gasteiger partial charge in [0.25, 0.3) is 0 Å². The van der Waals surface area contributed by atoms with Crippen molar-refractivity contribution in [2.45, 2.75) is 51.3 Å². The van der Waals surface area contributed by atoms with Gasteiger partial charge >= 0.3 is 0 Å². The van der Waals surface area contributed by atoms with Gasteiger partial charge < -0.3 is 14.6 Å². The van der Waals surface area contributed by atoms with Crippen LogP contribution in [0.15, 0.2) is 36.7 Å². The standard InChI is InChI=1S/C23H27N3O/c1-16-5-6-21-18(12-16)19-14-25(2)11-8-22(19)26(21)15-23(27)9-3-4-17-7-10-24-13-20(17)23/h5-7,10,12-13,27H,3-4,8-9,11,14-15H2,1-2H3. The Morgan fingerprint density at radius 1 is 1.22 bits per heavy atom. The van der Waals surface area contributed by atoms with E-state index >= 15 is 0 Å². The fraction of sp³-hybridized carbons (Fsp3) is 0.435. The highest BCUT2D eigenvalue weighted by atomic mass is 16.3. The van der Waals surface area contributed by atoms with Crippen LogP contribution in [-0.2, 0) is 31.5 Å². The molecule has 1 N–H and O–H groups in total. The number of aryl methyl sites for hydroxylation is 2. The summed E-state index contributed by atoms with van der Waals surface area (Å²) in [6.07, 6.45) is 7.62. The van der Waals surface area contributed by atoms with Crippen molar-refractivity contribution < 1.29 is 5.11 Å². The lowest BCUT2D eigenvalue weighted by molar-refractivity contribution is 0.00141. The molecule has 0 amide bonds. The van der Waals surface area contributed by atoms with Gasteiger partial charge in [0.15, 0.2) is 0 Å². The predicted molar refractivity (Wildman–Crippen MR) is 108 cm³/mol. The lowest BCUT2D eigenvalue weighted by Gasteiger charge is -2.35. The normalized spacial score (nSPS) is 22.6. The molecular formula is C23H27N3O. The molecule has 1 aliphatic heterocycles. The molecule has 1 unspecified atom stereocenters. The van der Waals surface area contributed by atoms with Crippen LogP contribution in [0.5, 0.6) is 0 Å². The molecule has 1 atom stereocenters. The molecule has 3 heterocycles. The van der Waals surface area contributed by atoms with Crippen LogP contribution in [0, 0.1) is 6.92 Å². The average Bonchev–Trinajstić information content (AvgIpc) is 2.94. The highest BCUT2D eigenvalue weighted by molar-refractivity contribution is 5.86. The second kappa shape index (κ2) is 6.18. The van der Waals surface area contributed by atoms with Crippen molar-refractivity contribution in [3.63, 3.8) is 0 Å². The van der Waals surface area contributed by atoms with Gasteiger partial charge in [-0.3, -0.25) is 4.98 Å². The topological polar surface area (TPSA) is 41.3 Å². The molecule has 1 aliphatic carbocycles. The summed E-state index contributed by atoms with van der Waals surface area (Å²) in [6.45, 7) is 4.83. The van der Waals surface area contributed by atoms with Crippen molar-refractivity contribution in [2.75, 3.05) is 13.6 Å². The Labute approximate surface area is 160 Å². The second-order valence-electron chi connectivity index (χ2n) is 8.44. The number of aliphatic hydroxyl groups is 1. The van der Waals surface area contributed by atoms with Crippen LogP contribution in [-0.4, -0.2) is 33.1 Å². The molecule has 0 saturated heterocycles. The maximum absolute atomic E-state index is 11.7. The van der Waals surface area contributed by atoms with Gasteiger partial charge in [-0.15, -0.1) is 0 Å². The number of hydrogen-bond donors (Lipinski definition) is 1. The first kappa shape index (κ1) is 17.0. The third-order valence-electron chi connectivity index (χ3n) is 6.47. The van der Waals surface area contributed by atoms with Gasteiger partial charge in [-0.1, -0.05) is 11.6 Å². The summed E-state index contributed by atoms with van der Waals surface area (Å²) < 4.78 is 2.40. The van der Waals surface area contributed by atoms with Crippen LogP contribution in [0.4, 0.5) is 0 Å². The van der Waals surface area contributed by atoms with E-state index in [0.29, 0.717) is 6.54 Å². The van der Waals surface area contributed by atoms with E-state index in [9.17, 15) is 5.11 Å². The summed E-state index contributed by atoms with van der Waals surface area (Å²) in [5, 5.41) is 13.0. The van der Waals surface area contributed by atoms with Crippen LogP contribution in [0.3, 0.4) is 0 Å². The lowest BCUT2D eigenvalue weighted by Crippen LogP contribution is -2.36. The second-order valence-corrected chi connectivity index (χ2v) is 8.44. The SMILES string of the molecule is Cc1ccc2c(c1)c1c(n2CC2(O)CCCc3ccncc32)CCN(C)C1. The fourth-order valence-corrected chi connectivity index (χ4v) is 5.07. The number of fused-ring (bicyclic) bond motifs is 4. The third kappa shape index (κ3) is 2.70. The van der Waals surface area contributed by atoms with Crippen LogP contribution in [0.2, 0.25) is 0 Å². The van der Waals surface area contributed by atoms with Crippen molar-refractivity contribution in [3.8, 4) is 0 Å². The molecule has 0 bridgehead atoms. The van der Waals surface area contributed by atoms with E-state index in [4.69, 9.17) is 0 Å². The van der Waals surface area contributed by atoms with E-state index in [2.05, 4.69) is 52.7 Å². The molecule has 5 rings (SSSR count). The molecule has 0 radical (unpaired) electrons. The van der Waals surface area contributed by atoms with Crippen molar-refractivity contribution in [2.24, 2.45) is 0 Å². The van der Waals surface area contributed by atoms with E-state index in [1.165, 1.54) is 33.3 Å². The van der Waals surface area contributed by atoms with E-state index in [0.717, 1.165) is 44.3 Å². The summed E-state index contributed by atoms with van der Waals surface area (Å²) in [7, 11) is 2.19. The van der Waals surface area contributed by atoms with Crippen LogP contribution < -0.4 is 0 Å². The van der Waals surface area contributed by atoms with Crippen LogP contribution in [0.25, 0.3) is 10.9 Å². The molecule has 2 aromatic heterocycles. The number of aromatic nitrogens is 2. The lowest BCUT2D eigenvalue weighted by atomic mass is 9.80. The largest absolute Gasteiger partial charge is 0.383 e. The fourth-order valence-electron chi connectivity index (χ4n) is 5.07. The molecule has 0 saturated carbocycles. The van der Waals surface area contributed by atoms with Crippen molar-refractivity contribution in [1.82, 2.24) is 14.5 Å². The van der Waals surface area contributed by atoms with Gasteiger partial charge in [-0.25, -0.2) is 0 Å². The highest BCUT2D eigenvalue weighted by Gasteiger charge is 2.36. The Morgan fingerprint density at radius 2 is 2.11 bits per heavy atom. The zero-order chi connectivity index (χ0) is 18.6. The number of nitrogens with zero attached hydrogens (tertiary/aromatic N) is 3. The molecule has 140 valence electrons. The van der Waals surface area contributed by atoms with Crippen molar-refractivity contribution >= 4 is 10.9 Å². The maximum atomic E-state index is 11.7. The highest BCUT2D eigenvalue weighted by Crippen LogP contribution is 2.39. The van der Waals surface area contributed by atoms with Gasteiger partial charge in [0, 0.05) is 54.1 Å². The summed E-state index contributed by atoms with van der Waals surface area (Å²) in [6, 6.07) is 8.80. The van der Waals surface area contributed by atoms with Crippen LogP contribution >= 0.6 is 0 Å². The monoisotopic (exact) mass is 361 g/mol. The Morgan fingerprint density at radius 3 is 3.00 bits per heavy atom. The van der Waals surface area contributed by atoms with E-state index in [1.54, 1.807) is 0 Å². The van der Waals surface area contributed by atoms with Gasteiger partial charge in [0.2, 0.25) is 0 Å². The van der Waals surface area contributed by atoms with Gasteiger partial charge in [-0.2, -0.15) is 0 Å². The summed E-state index contributed by atoms with van der Waals surface area (Å²) in [5.74, 6) is 0. The summed E-state index contributed by atoms with van der Waals surface area (Å²) in [5.41, 5.74) is 6.82. The average molecular weight is 361 g/mol. The Balaban J connectivity index is 1.66. The smallest absolute Gasteiger partial charge is 0.109 e. The number of likely N-dealkylation sites (N-methyl/N-ethyl adjacent to an activating group) is 1. The minimum atomic E-state index is -0.838. The van der Waals surface area contributed by atoms with Gasteiger partial charge in [-0.05, 0) is 62.6 Å². The van der Waals surface area contributed by atoms with Crippen molar-refractivity contribution in [1.29, 1.82) is 0 Å². The Hall–Kier alpha value is -2.17. The zero-order valence-corrected chi connectivity index (χ0v) is 16.2. The molecule has 27 heavy (non-hydrogen) atoms. The molecule has 2 aliphatic rings. The molecule has 3 aromatic rings. The first-order valence-corrected chi connectivity index (χ1v) is 10.00. The van der Waals surface area contributed by atoms with E-state index in [1.807, 2.05) is 12.4 Å². The summed E-state index contributed by atoms with van der Waals surface area (Å²) in [4.78, 5) is 6.71. The number of hydrogen-bond acceptors (Lipinski definition) is 3. The van der Waals surface area contributed by atoms with E-state index in [-0.39, 0.29) is 0 Å². The first-order valence-electron chi connectivity index (χ1n) is 10.00. The number of benzene rings is 1. The van der Waals surface area contributed by atoms with Gasteiger partial charge in [0.05, 0.1) is 6.54 Å². The van der Waals surface area contributed by atoms with E-state index < -0.39 is 5.60 Å². The molecule has 0 spiro atoms. The first-order chi connectivity index (χ1) is 13.0. The Bertz CT molecular complexity index is 1020. The molecule has 4 heteroatoms. The minimum absolute atomic E-state index is 0.615. The molecular weight excluding hydrogens is 334 g/mol. The van der Waals surface area contributed by atoms with Crippen LogP contribution in [0.1, 0.15) is 40.8 Å². The summed E-state index contributed by atoms with van der Waals surface area (Å²) >= 11 is 0. The minimum Gasteiger partial charge on any atom is -0.383 e. The van der Waals surface area contributed by atoms with Gasteiger partial charge in [0.1, 0.15) is 5.60 Å².